The average Bonchev–Trinajstić information content (AvgIpc) is 3.35. The summed E-state index contributed by atoms with van der Waals surface area (Å²) in [5, 5.41) is 15.8. The third kappa shape index (κ3) is 5.11. The number of halogens is 1. The molecular formula is C26H25FN6O5. The van der Waals surface area contributed by atoms with Gasteiger partial charge in [0.25, 0.3) is 17.4 Å². The number of nitrogens with zero attached hydrogens (tertiary/aromatic N) is 5. The van der Waals surface area contributed by atoms with Crippen molar-refractivity contribution in [3.8, 4) is 11.4 Å². The number of benzene rings is 2. The summed E-state index contributed by atoms with van der Waals surface area (Å²) in [5.41, 5.74) is 4.84. The van der Waals surface area contributed by atoms with Gasteiger partial charge in [-0.25, -0.2) is 14.1 Å². The number of ether oxygens (including phenoxy) is 1. The van der Waals surface area contributed by atoms with Gasteiger partial charge in [-0.2, -0.15) is 5.10 Å². The number of carbonyl (C=O) groups excluding carboxylic acids is 2. The third-order valence-electron chi connectivity index (χ3n) is 6.53. The maximum atomic E-state index is 13.2. The minimum Gasteiger partial charge on any atom is -0.484 e. The van der Waals surface area contributed by atoms with Crippen LogP contribution in [0.1, 0.15) is 23.2 Å². The largest absolute Gasteiger partial charge is 0.484 e. The lowest BCUT2D eigenvalue weighted by atomic mass is 9.91. The molecule has 0 saturated carbocycles. The fourth-order valence-corrected chi connectivity index (χ4v) is 4.49. The topological polar surface area (TPSA) is 146 Å². The zero-order valence-electron chi connectivity index (χ0n) is 20.3. The summed E-state index contributed by atoms with van der Waals surface area (Å²) < 4.78 is 21.3. The van der Waals surface area contributed by atoms with Gasteiger partial charge in [0.1, 0.15) is 23.3 Å². The zero-order chi connectivity index (χ0) is 26.9. The fraction of sp³-hybridized carbons (Fsp3) is 0.269. The number of nitrogens with two attached hydrogens (primary N) is 1. The number of piperidine rings is 1. The molecule has 0 spiro atoms. The molecule has 2 amide bonds. The van der Waals surface area contributed by atoms with Crippen molar-refractivity contribution in [2.24, 2.45) is 5.73 Å². The molecule has 0 unspecified atom stereocenters. The Balaban J connectivity index is 1.30. The molecule has 0 aliphatic carbocycles. The number of primary amides is 1. The van der Waals surface area contributed by atoms with Gasteiger partial charge in [-0.15, -0.1) is 0 Å². The number of likely N-dealkylation sites (tertiary alicyclic amines) is 1. The van der Waals surface area contributed by atoms with Crippen LogP contribution in [0.5, 0.6) is 5.75 Å². The molecule has 12 heteroatoms. The third-order valence-corrected chi connectivity index (χ3v) is 6.53. The lowest BCUT2D eigenvalue weighted by Crippen LogP contribution is -2.49. The van der Waals surface area contributed by atoms with Gasteiger partial charge in [-0.3, -0.25) is 19.0 Å². The van der Waals surface area contributed by atoms with Gasteiger partial charge in [0.2, 0.25) is 0 Å². The maximum Gasteiger partial charge on any atom is 0.264 e. The summed E-state index contributed by atoms with van der Waals surface area (Å²) in [6, 6.07) is 12.1. The Morgan fingerprint density at radius 2 is 1.87 bits per heavy atom. The molecule has 196 valence electrons. The molecule has 1 fully saturated rings. The summed E-state index contributed by atoms with van der Waals surface area (Å²) in [4.78, 5) is 42.9. The summed E-state index contributed by atoms with van der Waals surface area (Å²) in [7, 11) is 0. The van der Waals surface area contributed by atoms with Crippen LogP contribution >= 0.6 is 0 Å². The van der Waals surface area contributed by atoms with Crippen LogP contribution in [0.15, 0.2) is 65.8 Å². The van der Waals surface area contributed by atoms with Crippen molar-refractivity contribution in [1.82, 2.24) is 24.2 Å². The number of rotatable bonds is 7. The van der Waals surface area contributed by atoms with Crippen LogP contribution in [-0.2, 0) is 11.3 Å². The fourth-order valence-electron chi connectivity index (χ4n) is 4.49. The van der Waals surface area contributed by atoms with E-state index in [1.54, 1.807) is 29.2 Å². The van der Waals surface area contributed by atoms with Crippen LogP contribution < -0.4 is 16.0 Å². The second-order valence-corrected chi connectivity index (χ2v) is 9.25. The quantitative estimate of drug-likeness (QED) is 0.373. The van der Waals surface area contributed by atoms with Crippen molar-refractivity contribution in [2.75, 3.05) is 19.7 Å². The van der Waals surface area contributed by atoms with Crippen molar-refractivity contribution in [2.45, 2.75) is 25.0 Å². The number of aromatic nitrogens is 4. The Kier molecular flexibility index (Phi) is 6.64. The second kappa shape index (κ2) is 10.1. The van der Waals surface area contributed by atoms with E-state index in [1.165, 1.54) is 46.0 Å². The van der Waals surface area contributed by atoms with Gasteiger partial charge in [0, 0.05) is 24.7 Å². The SMILES string of the molecule is NC(=O)COc1cccc(-n2ncc3c(=O)n(CC4(O)CCN(C(=O)c5ccc(F)cc5)CC4)cnc32)c1. The number of carbonyl (C=O) groups is 2. The highest BCUT2D eigenvalue weighted by atomic mass is 19.1. The molecule has 1 aliphatic rings. The van der Waals surface area contributed by atoms with Crippen LogP contribution in [0.3, 0.4) is 0 Å². The van der Waals surface area contributed by atoms with Crippen molar-refractivity contribution in [1.29, 1.82) is 0 Å². The number of hydrogen-bond acceptors (Lipinski definition) is 7. The molecule has 3 heterocycles. The molecular weight excluding hydrogens is 495 g/mol. The zero-order valence-corrected chi connectivity index (χ0v) is 20.3. The lowest BCUT2D eigenvalue weighted by molar-refractivity contribution is -0.119. The van der Waals surface area contributed by atoms with E-state index in [1.807, 2.05) is 0 Å². The predicted molar refractivity (Wildman–Crippen MR) is 134 cm³/mol. The van der Waals surface area contributed by atoms with Gasteiger partial charge >= 0.3 is 0 Å². The molecule has 4 aromatic rings. The number of aliphatic hydroxyl groups is 1. The normalized spacial score (nSPS) is 14.9. The molecule has 38 heavy (non-hydrogen) atoms. The van der Waals surface area contributed by atoms with Crippen molar-refractivity contribution < 1.29 is 23.8 Å². The van der Waals surface area contributed by atoms with Crippen LogP contribution in [0.4, 0.5) is 4.39 Å². The lowest BCUT2D eigenvalue weighted by Gasteiger charge is -2.38. The molecule has 2 aromatic carbocycles. The maximum absolute atomic E-state index is 13.2. The summed E-state index contributed by atoms with van der Waals surface area (Å²) in [6.07, 6.45) is 3.31. The predicted octanol–water partition coefficient (Wildman–Crippen LogP) is 1.25. The van der Waals surface area contributed by atoms with Gasteiger partial charge < -0.3 is 20.5 Å². The molecule has 1 aliphatic heterocycles. The van der Waals surface area contributed by atoms with Gasteiger partial charge in [-0.1, -0.05) is 6.07 Å². The Bertz CT molecular complexity index is 1560. The van der Waals surface area contributed by atoms with Crippen LogP contribution in [0.2, 0.25) is 0 Å². The molecule has 3 N–H and O–H groups in total. The number of amides is 2. The Hall–Kier alpha value is -4.58. The second-order valence-electron chi connectivity index (χ2n) is 9.25. The van der Waals surface area contributed by atoms with Gasteiger partial charge in [0.15, 0.2) is 12.3 Å². The van der Waals surface area contributed by atoms with E-state index in [0.29, 0.717) is 35.7 Å². The minimum atomic E-state index is -1.21. The van der Waals surface area contributed by atoms with E-state index in [2.05, 4.69) is 10.1 Å². The Morgan fingerprint density at radius 1 is 1.13 bits per heavy atom. The van der Waals surface area contributed by atoms with Gasteiger partial charge in [0.05, 0.1) is 24.0 Å². The monoisotopic (exact) mass is 520 g/mol. The smallest absolute Gasteiger partial charge is 0.264 e. The highest BCUT2D eigenvalue weighted by Crippen LogP contribution is 2.25. The molecule has 0 bridgehead atoms. The summed E-state index contributed by atoms with van der Waals surface area (Å²) in [5.74, 6) is -0.846. The van der Waals surface area contributed by atoms with E-state index < -0.39 is 17.3 Å². The highest BCUT2D eigenvalue weighted by Gasteiger charge is 2.35. The van der Waals surface area contributed by atoms with Crippen LogP contribution in [-0.4, -0.2) is 66.4 Å². The summed E-state index contributed by atoms with van der Waals surface area (Å²) in [6.45, 7) is 0.328. The van der Waals surface area contributed by atoms with Crippen LogP contribution in [0, 0.1) is 5.82 Å². The first kappa shape index (κ1) is 25.1. The molecule has 0 atom stereocenters. The van der Waals surface area contributed by atoms with E-state index in [4.69, 9.17) is 10.5 Å². The van der Waals surface area contributed by atoms with Crippen molar-refractivity contribution >= 4 is 22.8 Å². The first-order chi connectivity index (χ1) is 18.2. The highest BCUT2D eigenvalue weighted by molar-refractivity contribution is 5.94. The number of hydrogen-bond donors (Lipinski definition) is 2. The average molecular weight is 521 g/mol. The molecule has 0 radical (unpaired) electrons. The van der Waals surface area contributed by atoms with E-state index in [0.717, 1.165) is 0 Å². The van der Waals surface area contributed by atoms with E-state index >= 15 is 0 Å². The first-order valence-corrected chi connectivity index (χ1v) is 11.9. The van der Waals surface area contributed by atoms with Gasteiger partial charge in [-0.05, 0) is 49.2 Å². The standard InChI is InChI=1S/C26H25FN6O5/c27-18-6-4-17(5-7-18)24(35)31-10-8-26(37,9-11-31)15-32-16-29-23-21(25(32)36)13-30-33(23)19-2-1-3-20(12-19)38-14-22(28)34/h1-7,12-13,16,37H,8-11,14-15H2,(H2,28,34). The van der Waals surface area contributed by atoms with E-state index in [9.17, 15) is 23.9 Å². The minimum absolute atomic E-state index is 0.00890. The van der Waals surface area contributed by atoms with Crippen molar-refractivity contribution in [3.05, 3.63) is 82.8 Å². The molecule has 11 nitrogen and oxygen atoms in total. The molecule has 5 rings (SSSR count). The molecule has 2 aromatic heterocycles. The Morgan fingerprint density at radius 3 is 2.58 bits per heavy atom. The van der Waals surface area contributed by atoms with Crippen molar-refractivity contribution in [3.63, 3.8) is 0 Å². The van der Waals surface area contributed by atoms with Crippen LogP contribution in [0.25, 0.3) is 16.7 Å². The summed E-state index contributed by atoms with van der Waals surface area (Å²) >= 11 is 0. The number of fused-ring (bicyclic) bond motifs is 1. The Labute approximate surface area is 215 Å². The first-order valence-electron chi connectivity index (χ1n) is 11.9. The van der Waals surface area contributed by atoms with E-state index in [-0.39, 0.29) is 42.8 Å². The molecule has 1 saturated heterocycles.